The number of alkyl halides is 3. The fourth-order valence-electron chi connectivity index (χ4n) is 2.18. The molecule has 1 aromatic rings. The maximum atomic E-state index is 12.7. The summed E-state index contributed by atoms with van der Waals surface area (Å²) in [7, 11) is 0. The Labute approximate surface area is 91.9 Å². The smallest absolute Gasteiger partial charge is 0.393 e. The van der Waals surface area contributed by atoms with Crippen molar-refractivity contribution in [1.29, 1.82) is 0 Å². The highest BCUT2D eigenvalue weighted by molar-refractivity contribution is 5.36. The highest BCUT2D eigenvalue weighted by atomic mass is 19.4. The highest BCUT2D eigenvalue weighted by Crippen LogP contribution is 2.52. The molecule has 1 nitrogen and oxygen atoms in total. The molecule has 1 aliphatic rings. The van der Waals surface area contributed by atoms with E-state index < -0.39 is 17.8 Å². The van der Waals surface area contributed by atoms with Crippen molar-refractivity contribution in [2.75, 3.05) is 0 Å². The third kappa shape index (κ3) is 2.07. The van der Waals surface area contributed by atoms with Crippen LogP contribution < -0.4 is 0 Å². The second-order valence-electron chi connectivity index (χ2n) is 4.33. The summed E-state index contributed by atoms with van der Waals surface area (Å²) in [5, 5.41) is 9.34. The number of aliphatic hydroxyl groups excluding tert-OH is 1. The first kappa shape index (κ1) is 11.5. The van der Waals surface area contributed by atoms with E-state index in [-0.39, 0.29) is 11.8 Å². The van der Waals surface area contributed by atoms with E-state index in [9.17, 15) is 18.3 Å². The van der Waals surface area contributed by atoms with Gasteiger partial charge in [-0.25, -0.2) is 0 Å². The van der Waals surface area contributed by atoms with Crippen LogP contribution in [0.3, 0.4) is 0 Å². The van der Waals surface area contributed by atoms with Crippen molar-refractivity contribution in [3.63, 3.8) is 0 Å². The molecule has 0 spiro atoms. The molecule has 1 fully saturated rings. The van der Waals surface area contributed by atoms with Crippen LogP contribution in [0, 0.1) is 5.92 Å². The number of benzene rings is 1. The lowest BCUT2D eigenvalue weighted by Crippen LogP contribution is -2.10. The van der Waals surface area contributed by atoms with Gasteiger partial charge in [-0.05, 0) is 36.8 Å². The Bertz CT molecular complexity index is 384. The van der Waals surface area contributed by atoms with Crippen LogP contribution in [-0.4, -0.2) is 11.2 Å². The second-order valence-corrected chi connectivity index (χ2v) is 4.33. The molecular formula is C12H13F3O. The molecule has 0 radical (unpaired) electrons. The molecule has 0 amide bonds. The maximum Gasteiger partial charge on any atom is 0.416 e. The minimum atomic E-state index is -4.30. The molecule has 4 heteroatoms. The fourth-order valence-corrected chi connectivity index (χ4v) is 2.18. The summed E-state index contributed by atoms with van der Waals surface area (Å²) in [6, 6.07) is 5.62. The van der Waals surface area contributed by atoms with E-state index in [1.54, 1.807) is 13.0 Å². The third-order valence-corrected chi connectivity index (χ3v) is 3.13. The Morgan fingerprint density at radius 2 is 1.94 bits per heavy atom. The van der Waals surface area contributed by atoms with Crippen LogP contribution in [0.5, 0.6) is 0 Å². The zero-order valence-electron chi connectivity index (χ0n) is 8.83. The molecule has 0 bridgehead atoms. The summed E-state index contributed by atoms with van der Waals surface area (Å²) in [6.45, 7) is 1.63. The molecular weight excluding hydrogens is 217 g/mol. The van der Waals surface area contributed by atoms with Gasteiger partial charge >= 0.3 is 6.18 Å². The lowest BCUT2D eigenvalue weighted by Gasteiger charge is -2.12. The zero-order chi connectivity index (χ0) is 11.9. The van der Waals surface area contributed by atoms with Gasteiger partial charge in [0.1, 0.15) is 0 Å². The summed E-state index contributed by atoms with van der Waals surface area (Å²) in [5.74, 6) is -0.165. The van der Waals surface area contributed by atoms with E-state index in [1.165, 1.54) is 12.1 Å². The summed E-state index contributed by atoms with van der Waals surface area (Å²) in [5.41, 5.74) is -0.246. The predicted octanol–water partition coefficient (Wildman–Crippen LogP) is 3.19. The van der Waals surface area contributed by atoms with Crippen molar-refractivity contribution < 1.29 is 18.3 Å². The minimum absolute atomic E-state index is 0.0245. The molecule has 0 heterocycles. The predicted molar refractivity (Wildman–Crippen MR) is 54.0 cm³/mol. The van der Waals surface area contributed by atoms with Crippen LogP contribution in [0.2, 0.25) is 0 Å². The van der Waals surface area contributed by atoms with E-state index >= 15 is 0 Å². The first-order valence-corrected chi connectivity index (χ1v) is 5.25. The van der Waals surface area contributed by atoms with Gasteiger partial charge in [0.25, 0.3) is 0 Å². The lowest BCUT2D eigenvalue weighted by atomic mass is 10.0. The first-order chi connectivity index (χ1) is 7.41. The van der Waals surface area contributed by atoms with Gasteiger partial charge in [0.2, 0.25) is 0 Å². The van der Waals surface area contributed by atoms with Crippen LogP contribution in [0.4, 0.5) is 13.2 Å². The molecule has 1 aliphatic carbocycles. The van der Waals surface area contributed by atoms with Gasteiger partial charge in [-0.15, -0.1) is 0 Å². The van der Waals surface area contributed by atoms with E-state index in [4.69, 9.17) is 0 Å². The normalized spacial score (nSPS) is 26.6. The van der Waals surface area contributed by atoms with E-state index in [0.29, 0.717) is 12.0 Å². The molecule has 0 aliphatic heterocycles. The number of halogens is 3. The molecule has 0 aromatic heterocycles. The Kier molecular flexibility index (Phi) is 2.70. The molecule has 2 rings (SSSR count). The van der Waals surface area contributed by atoms with Crippen molar-refractivity contribution in [2.24, 2.45) is 5.92 Å². The van der Waals surface area contributed by atoms with Gasteiger partial charge in [0.05, 0.1) is 11.7 Å². The topological polar surface area (TPSA) is 20.2 Å². The van der Waals surface area contributed by atoms with E-state index in [0.717, 1.165) is 6.07 Å². The standard InChI is InChI=1S/C12H13F3O/c1-7(16)9-6-10(9)8-4-2-3-5-11(8)12(13,14)15/h2-5,7,9-10,16H,6H2,1H3/t7-,9-,10-/m1/s1. The van der Waals surface area contributed by atoms with Crippen LogP contribution in [-0.2, 0) is 6.18 Å². The van der Waals surface area contributed by atoms with Gasteiger partial charge in [0.15, 0.2) is 0 Å². The summed E-state index contributed by atoms with van der Waals surface area (Å²) in [4.78, 5) is 0. The molecule has 1 saturated carbocycles. The highest BCUT2D eigenvalue weighted by Gasteiger charge is 2.45. The van der Waals surface area contributed by atoms with Gasteiger partial charge in [-0.3, -0.25) is 0 Å². The average Bonchev–Trinajstić information content (AvgIpc) is 2.95. The van der Waals surface area contributed by atoms with Crippen molar-refractivity contribution >= 4 is 0 Å². The summed E-state index contributed by atoms with van der Waals surface area (Å²) < 4.78 is 38.1. The summed E-state index contributed by atoms with van der Waals surface area (Å²) >= 11 is 0. The number of rotatable bonds is 2. The van der Waals surface area contributed by atoms with Crippen molar-refractivity contribution in [3.05, 3.63) is 35.4 Å². The van der Waals surface area contributed by atoms with Crippen molar-refractivity contribution in [2.45, 2.75) is 31.5 Å². The second kappa shape index (κ2) is 3.77. The number of hydrogen-bond donors (Lipinski definition) is 1. The number of hydrogen-bond acceptors (Lipinski definition) is 1. The molecule has 1 aromatic carbocycles. The molecule has 0 saturated heterocycles. The van der Waals surface area contributed by atoms with Crippen molar-refractivity contribution in [3.8, 4) is 0 Å². The largest absolute Gasteiger partial charge is 0.416 e. The zero-order valence-corrected chi connectivity index (χ0v) is 8.83. The molecule has 88 valence electrons. The van der Waals surface area contributed by atoms with E-state index in [1.807, 2.05) is 0 Å². The Morgan fingerprint density at radius 1 is 1.31 bits per heavy atom. The van der Waals surface area contributed by atoms with Gasteiger partial charge in [-0.1, -0.05) is 18.2 Å². The van der Waals surface area contributed by atoms with Gasteiger partial charge in [-0.2, -0.15) is 13.2 Å². The van der Waals surface area contributed by atoms with Crippen molar-refractivity contribution in [1.82, 2.24) is 0 Å². The Balaban J connectivity index is 2.29. The Hall–Kier alpha value is -1.03. The lowest BCUT2D eigenvalue weighted by molar-refractivity contribution is -0.138. The Morgan fingerprint density at radius 3 is 2.44 bits per heavy atom. The van der Waals surface area contributed by atoms with Crippen LogP contribution in [0.25, 0.3) is 0 Å². The SMILES string of the molecule is C[C@@H](O)[C@H]1C[C@@H]1c1ccccc1C(F)(F)F. The quantitative estimate of drug-likeness (QED) is 0.827. The first-order valence-electron chi connectivity index (χ1n) is 5.25. The fraction of sp³-hybridized carbons (Fsp3) is 0.500. The average molecular weight is 230 g/mol. The molecule has 0 unspecified atom stereocenters. The van der Waals surface area contributed by atoms with Gasteiger partial charge < -0.3 is 5.11 Å². The number of aliphatic hydroxyl groups is 1. The van der Waals surface area contributed by atoms with Crippen LogP contribution in [0.1, 0.15) is 30.4 Å². The third-order valence-electron chi connectivity index (χ3n) is 3.13. The maximum absolute atomic E-state index is 12.7. The minimum Gasteiger partial charge on any atom is -0.393 e. The van der Waals surface area contributed by atoms with Crippen LogP contribution in [0.15, 0.2) is 24.3 Å². The molecule has 3 atom stereocenters. The van der Waals surface area contributed by atoms with Crippen LogP contribution >= 0.6 is 0 Å². The van der Waals surface area contributed by atoms with E-state index in [2.05, 4.69) is 0 Å². The summed E-state index contributed by atoms with van der Waals surface area (Å²) in [6.07, 6.45) is -4.20. The molecule has 16 heavy (non-hydrogen) atoms. The van der Waals surface area contributed by atoms with Gasteiger partial charge in [0, 0.05) is 0 Å². The monoisotopic (exact) mass is 230 g/mol. The molecule has 1 N–H and O–H groups in total.